The summed E-state index contributed by atoms with van der Waals surface area (Å²) in [6.45, 7) is 0.484. The molecule has 2 unspecified atom stereocenters. The summed E-state index contributed by atoms with van der Waals surface area (Å²) in [7, 11) is 3.22. The molecular formula is C18H25BrN2O3. The Kier molecular flexibility index (Phi) is 5.66. The van der Waals surface area contributed by atoms with E-state index in [0.717, 1.165) is 22.9 Å². The second-order valence-corrected chi connectivity index (χ2v) is 7.61. The Labute approximate surface area is 151 Å². The molecule has 0 aromatic heterocycles. The molecule has 2 aliphatic heterocycles. The predicted molar refractivity (Wildman–Crippen MR) is 96.4 cm³/mol. The number of hydrogen-bond acceptors (Lipinski definition) is 4. The molecule has 6 heteroatoms. The number of rotatable bonds is 6. The highest BCUT2D eigenvalue weighted by molar-refractivity contribution is 9.10. The van der Waals surface area contributed by atoms with Crippen LogP contribution in [0.1, 0.15) is 37.7 Å². The Morgan fingerprint density at radius 1 is 1.21 bits per heavy atom. The summed E-state index contributed by atoms with van der Waals surface area (Å²) in [6.07, 6.45) is 5.41. The maximum atomic E-state index is 12.3. The molecule has 5 nitrogen and oxygen atoms in total. The SMILES string of the molecule is COc1cc(Br)c(CNC(=O)CC2CC3CCC(C2)N3)cc1OC. The van der Waals surface area contributed by atoms with Crippen LogP contribution in [-0.2, 0) is 11.3 Å². The van der Waals surface area contributed by atoms with Crippen molar-refractivity contribution in [2.45, 2.75) is 50.7 Å². The molecule has 2 N–H and O–H groups in total. The van der Waals surface area contributed by atoms with Crippen molar-refractivity contribution in [3.8, 4) is 11.5 Å². The highest BCUT2D eigenvalue weighted by Gasteiger charge is 2.34. The van der Waals surface area contributed by atoms with Crippen LogP contribution in [0.3, 0.4) is 0 Å². The zero-order chi connectivity index (χ0) is 17.1. The molecule has 1 aromatic carbocycles. The van der Waals surface area contributed by atoms with Crippen molar-refractivity contribution in [2.75, 3.05) is 14.2 Å². The molecule has 2 saturated heterocycles. The van der Waals surface area contributed by atoms with E-state index in [1.54, 1.807) is 14.2 Å². The van der Waals surface area contributed by atoms with Crippen LogP contribution in [0.15, 0.2) is 16.6 Å². The number of ether oxygens (including phenoxy) is 2. The number of methoxy groups -OCH3 is 2. The second kappa shape index (κ2) is 7.74. The average molecular weight is 397 g/mol. The van der Waals surface area contributed by atoms with Crippen LogP contribution in [0.2, 0.25) is 0 Å². The molecule has 1 aromatic rings. The number of fused-ring (bicyclic) bond motifs is 2. The minimum Gasteiger partial charge on any atom is -0.493 e. The zero-order valence-electron chi connectivity index (χ0n) is 14.2. The number of nitrogens with one attached hydrogen (secondary N) is 2. The van der Waals surface area contributed by atoms with Gasteiger partial charge in [-0.3, -0.25) is 4.79 Å². The molecule has 0 saturated carbocycles. The molecule has 2 atom stereocenters. The molecular weight excluding hydrogens is 372 g/mol. The topological polar surface area (TPSA) is 59.6 Å². The highest BCUT2D eigenvalue weighted by Crippen LogP contribution is 2.34. The van der Waals surface area contributed by atoms with Gasteiger partial charge >= 0.3 is 0 Å². The standard InChI is InChI=1S/C18H25BrN2O3/c1-23-16-8-12(15(19)9-17(16)24-2)10-20-18(22)7-11-5-13-3-4-14(6-11)21-13/h8-9,11,13-14,21H,3-7,10H2,1-2H3,(H,20,22). The first kappa shape index (κ1) is 17.5. The van der Waals surface area contributed by atoms with Crippen LogP contribution in [0.4, 0.5) is 0 Å². The summed E-state index contributed by atoms with van der Waals surface area (Å²) in [6, 6.07) is 5.02. The van der Waals surface area contributed by atoms with Gasteiger partial charge in [0.1, 0.15) is 0 Å². The van der Waals surface area contributed by atoms with E-state index in [2.05, 4.69) is 26.6 Å². The largest absolute Gasteiger partial charge is 0.493 e. The first-order valence-corrected chi connectivity index (χ1v) is 9.31. The molecule has 1 amide bonds. The lowest BCUT2D eigenvalue weighted by Crippen LogP contribution is -2.39. The number of amides is 1. The maximum absolute atomic E-state index is 12.3. The molecule has 2 fully saturated rings. The molecule has 3 rings (SSSR count). The van der Waals surface area contributed by atoms with Crippen molar-refractivity contribution in [1.29, 1.82) is 0 Å². The lowest BCUT2D eigenvalue weighted by atomic mass is 9.89. The van der Waals surface area contributed by atoms with Crippen molar-refractivity contribution in [1.82, 2.24) is 10.6 Å². The van der Waals surface area contributed by atoms with Gasteiger partial charge in [-0.25, -0.2) is 0 Å². The average Bonchev–Trinajstić information content (AvgIpc) is 2.91. The highest BCUT2D eigenvalue weighted by atomic mass is 79.9. The molecule has 132 valence electrons. The van der Waals surface area contributed by atoms with Crippen LogP contribution < -0.4 is 20.1 Å². The van der Waals surface area contributed by atoms with E-state index < -0.39 is 0 Å². The predicted octanol–water partition coefficient (Wildman–Crippen LogP) is 3.00. The molecule has 2 aliphatic rings. The van der Waals surface area contributed by atoms with Crippen molar-refractivity contribution in [3.05, 3.63) is 22.2 Å². The summed E-state index contributed by atoms with van der Waals surface area (Å²) in [5.74, 6) is 1.98. The number of piperidine rings is 1. The normalized spacial score (nSPS) is 25.4. The van der Waals surface area contributed by atoms with Crippen LogP contribution >= 0.6 is 15.9 Å². The fourth-order valence-corrected chi connectivity index (χ4v) is 4.36. The summed E-state index contributed by atoms with van der Waals surface area (Å²) < 4.78 is 11.5. The van der Waals surface area contributed by atoms with Gasteiger partial charge in [0.05, 0.1) is 14.2 Å². The first-order valence-electron chi connectivity index (χ1n) is 8.52. The number of carbonyl (C=O) groups is 1. The van der Waals surface area contributed by atoms with E-state index in [9.17, 15) is 4.79 Å². The lowest BCUT2D eigenvalue weighted by Gasteiger charge is -2.28. The number of hydrogen-bond donors (Lipinski definition) is 2. The van der Waals surface area contributed by atoms with Crippen molar-refractivity contribution < 1.29 is 14.3 Å². The fraction of sp³-hybridized carbons (Fsp3) is 0.611. The summed E-state index contributed by atoms with van der Waals surface area (Å²) in [5, 5.41) is 6.66. The zero-order valence-corrected chi connectivity index (χ0v) is 15.8. The Hall–Kier alpha value is -1.27. The van der Waals surface area contributed by atoms with Gasteiger partial charge < -0.3 is 20.1 Å². The Balaban J connectivity index is 1.54. The molecule has 2 heterocycles. The third-order valence-electron chi connectivity index (χ3n) is 5.07. The van der Waals surface area contributed by atoms with Gasteiger partial charge in [0, 0.05) is 29.5 Å². The number of halogens is 1. The van der Waals surface area contributed by atoms with Gasteiger partial charge in [0.15, 0.2) is 11.5 Å². The van der Waals surface area contributed by atoms with Crippen molar-refractivity contribution >= 4 is 21.8 Å². The van der Waals surface area contributed by atoms with E-state index in [1.807, 2.05) is 12.1 Å². The van der Waals surface area contributed by atoms with E-state index in [0.29, 0.717) is 42.5 Å². The third-order valence-corrected chi connectivity index (χ3v) is 5.81. The van der Waals surface area contributed by atoms with Crippen LogP contribution in [-0.4, -0.2) is 32.2 Å². The van der Waals surface area contributed by atoms with Crippen LogP contribution in [0.5, 0.6) is 11.5 Å². The smallest absolute Gasteiger partial charge is 0.220 e. The summed E-state index contributed by atoms with van der Waals surface area (Å²) in [4.78, 5) is 12.3. The fourth-order valence-electron chi connectivity index (χ4n) is 3.90. The molecule has 0 radical (unpaired) electrons. The van der Waals surface area contributed by atoms with Gasteiger partial charge in [-0.15, -0.1) is 0 Å². The van der Waals surface area contributed by atoms with Crippen LogP contribution in [0, 0.1) is 5.92 Å². The minimum atomic E-state index is 0.128. The summed E-state index contributed by atoms with van der Waals surface area (Å²) in [5.41, 5.74) is 0.978. The quantitative estimate of drug-likeness (QED) is 0.775. The summed E-state index contributed by atoms with van der Waals surface area (Å²) >= 11 is 3.53. The van der Waals surface area contributed by atoms with Gasteiger partial charge in [0.25, 0.3) is 0 Å². The van der Waals surface area contributed by atoms with E-state index in [4.69, 9.17) is 9.47 Å². The molecule has 2 bridgehead atoms. The molecule has 0 spiro atoms. The van der Waals surface area contributed by atoms with E-state index in [1.165, 1.54) is 12.8 Å². The lowest BCUT2D eigenvalue weighted by molar-refractivity contribution is -0.122. The Morgan fingerprint density at radius 2 is 1.83 bits per heavy atom. The van der Waals surface area contributed by atoms with Gasteiger partial charge in [-0.1, -0.05) is 15.9 Å². The third kappa shape index (κ3) is 4.03. The van der Waals surface area contributed by atoms with Gasteiger partial charge in [0.2, 0.25) is 5.91 Å². The molecule has 0 aliphatic carbocycles. The monoisotopic (exact) mass is 396 g/mol. The number of benzene rings is 1. The van der Waals surface area contributed by atoms with Crippen molar-refractivity contribution in [2.24, 2.45) is 5.92 Å². The van der Waals surface area contributed by atoms with Crippen LogP contribution in [0.25, 0.3) is 0 Å². The Morgan fingerprint density at radius 3 is 2.46 bits per heavy atom. The maximum Gasteiger partial charge on any atom is 0.220 e. The van der Waals surface area contributed by atoms with Crippen molar-refractivity contribution in [3.63, 3.8) is 0 Å². The van der Waals surface area contributed by atoms with Gasteiger partial charge in [-0.05, 0) is 49.3 Å². The molecule has 24 heavy (non-hydrogen) atoms. The van der Waals surface area contributed by atoms with Gasteiger partial charge in [-0.2, -0.15) is 0 Å². The van der Waals surface area contributed by atoms with E-state index in [-0.39, 0.29) is 5.91 Å². The minimum absolute atomic E-state index is 0.128. The van der Waals surface area contributed by atoms with E-state index >= 15 is 0 Å². The second-order valence-electron chi connectivity index (χ2n) is 6.75. The Bertz CT molecular complexity index is 596. The first-order chi connectivity index (χ1) is 11.6. The number of carbonyl (C=O) groups excluding carboxylic acids is 1.